The molecule has 1 N–H and O–H groups in total. The first-order valence-electron chi connectivity index (χ1n) is 8.35. The number of carbonyl (C=O) groups excluding carboxylic acids is 1. The second-order valence-corrected chi connectivity index (χ2v) is 6.32. The Balaban J connectivity index is 1.77. The third-order valence-electron chi connectivity index (χ3n) is 3.85. The number of alkyl halides is 3. The highest BCUT2D eigenvalue weighted by Gasteiger charge is 2.28. The molecule has 8 nitrogen and oxygen atoms in total. The molecule has 158 valence electrons. The number of carbonyl (C=O) groups is 1. The smallest absolute Gasteiger partial charge is 0.408 e. The molecule has 0 saturated carbocycles. The lowest BCUT2D eigenvalue weighted by Crippen LogP contribution is -2.18. The summed E-state index contributed by atoms with van der Waals surface area (Å²) in [5.41, 5.74) is 1.14. The van der Waals surface area contributed by atoms with Crippen molar-refractivity contribution >= 4 is 23.2 Å². The highest BCUT2D eigenvalue weighted by Crippen LogP contribution is 2.30. The van der Waals surface area contributed by atoms with E-state index < -0.39 is 18.6 Å². The first-order chi connectivity index (χ1) is 14.2. The summed E-state index contributed by atoms with van der Waals surface area (Å²) in [5, 5.41) is 5.90. The minimum atomic E-state index is -4.42. The number of methoxy groups -OCH3 is 2. The standard InChI is InChI=1S/C18H15ClF3N5O3/c1-29-14-5-10(6-23-17(14)30-2)13-4-3-12(15(19)26-13)16(28)25-11-7-24-27(8-11)9-18(20,21)22/h3-8H,9H2,1-2H3,(H,25,28). The van der Waals surface area contributed by atoms with Crippen LogP contribution in [0.25, 0.3) is 11.3 Å². The number of anilines is 1. The van der Waals surface area contributed by atoms with Crippen molar-refractivity contribution in [2.45, 2.75) is 12.7 Å². The zero-order valence-electron chi connectivity index (χ0n) is 15.7. The van der Waals surface area contributed by atoms with Crippen LogP contribution in [0.1, 0.15) is 10.4 Å². The van der Waals surface area contributed by atoms with Crippen molar-refractivity contribution in [1.29, 1.82) is 0 Å². The van der Waals surface area contributed by atoms with Gasteiger partial charge in [-0.25, -0.2) is 9.97 Å². The summed E-state index contributed by atoms with van der Waals surface area (Å²) < 4.78 is 48.2. The van der Waals surface area contributed by atoms with Gasteiger partial charge in [0.1, 0.15) is 11.7 Å². The fourth-order valence-electron chi connectivity index (χ4n) is 2.53. The second kappa shape index (κ2) is 8.57. The molecule has 0 atom stereocenters. The van der Waals surface area contributed by atoms with Crippen LogP contribution in [-0.2, 0) is 6.54 Å². The van der Waals surface area contributed by atoms with Crippen LogP contribution in [0.3, 0.4) is 0 Å². The predicted octanol–water partition coefficient (Wildman–Crippen LogP) is 3.83. The molecule has 0 unspecified atom stereocenters. The lowest BCUT2D eigenvalue weighted by atomic mass is 10.1. The van der Waals surface area contributed by atoms with Gasteiger partial charge >= 0.3 is 6.18 Å². The Morgan fingerprint density at radius 3 is 2.63 bits per heavy atom. The van der Waals surface area contributed by atoms with Crippen molar-refractivity contribution < 1.29 is 27.4 Å². The van der Waals surface area contributed by atoms with Crippen molar-refractivity contribution in [2.75, 3.05) is 19.5 Å². The van der Waals surface area contributed by atoms with E-state index in [1.807, 2.05) is 0 Å². The molecule has 0 aromatic carbocycles. The number of hydrogen-bond acceptors (Lipinski definition) is 6. The lowest BCUT2D eigenvalue weighted by molar-refractivity contribution is -0.142. The van der Waals surface area contributed by atoms with Gasteiger partial charge in [0.05, 0.1) is 37.4 Å². The zero-order valence-corrected chi connectivity index (χ0v) is 16.5. The molecule has 0 aliphatic rings. The summed E-state index contributed by atoms with van der Waals surface area (Å²) in [6.45, 7) is -1.26. The molecule has 0 fully saturated rings. The van der Waals surface area contributed by atoms with E-state index in [1.165, 1.54) is 26.5 Å². The molecule has 30 heavy (non-hydrogen) atoms. The van der Waals surface area contributed by atoms with E-state index in [4.69, 9.17) is 21.1 Å². The Labute approximate surface area is 173 Å². The Bertz CT molecular complexity index is 1070. The van der Waals surface area contributed by atoms with Gasteiger partial charge in [0.15, 0.2) is 5.75 Å². The fourth-order valence-corrected chi connectivity index (χ4v) is 2.77. The predicted molar refractivity (Wildman–Crippen MR) is 102 cm³/mol. The summed E-state index contributed by atoms with van der Waals surface area (Å²) in [5.74, 6) is 0.0519. The van der Waals surface area contributed by atoms with E-state index >= 15 is 0 Å². The third-order valence-corrected chi connectivity index (χ3v) is 4.14. The number of halogens is 4. The van der Waals surface area contributed by atoms with E-state index in [0.29, 0.717) is 27.6 Å². The number of hydrogen-bond donors (Lipinski definition) is 1. The number of nitrogens with zero attached hydrogens (tertiary/aromatic N) is 4. The average molecular weight is 442 g/mol. The molecule has 0 aliphatic carbocycles. The van der Waals surface area contributed by atoms with Crippen molar-refractivity contribution in [2.24, 2.45) is 0 Å². The third kappa shape index (κ3) is 4.98. The first kappa shape index (κ1) is 21.4. The van der Waals surface area contributed by atoms with Crippen LogP contribution in [0.15, 0.2) is 36.8 Å². The molecule has 0 bridgehead atoms. The molecular weight excluding hydrogens is 427 g/mol. The molecule has 12 heteroatoms. The Morgan fingerprint density at radius 2 is 2.00 bits per heavy atom. The van der Waals surface area contributed by atoms with Gasteiger partial charge in [-0.15, -0.1) is 0 Å². The van der Waals surface area contributed by atoms with Crippen LogP contribution in [0.4, 0.5) is 18.9 Å². The Morgan fingerprint density at radius 1 is 1.23 bits per heavy atom. The van der Waals surface area contributed by atoms with Crippen molar-refractivity contribution in [3.05, 3.63) is 47.5 Å². The lowest BCUT2D eigenvalue weighted by Gasteiger charge is -2.09. The fraction of sp³-hybridized carbons (Fsp3) is 0.222. The van der Waals surface area contributed by atoms with Gasteiger partial charge in [-0.1, -0.05) is 11.6 Å². The SMILES string of the molecule is COc1cc(-c2ccc(C(=O)Nc3cnn(CC(F)(F)F)c3)c(Cl)n2)cnc1OC. The van der Waals surface area contributed by atoms with Crippen LogP contribution in [0.2, 0.25) is 5.15 Å². The van der Waals surface area contributed by atoms with Gasteiger partial charge in [-0.05, 0) is 18.2 Å². The van der Waals surface area contributed by atoms with Crippen LogP contribution in [-0.4, -0.2) is 46.1 Å². The van der Waals surface area contributed by atoms with Gasteiger partial charge in [-0.2, -0.15) is 18.3 Å². The van der Waals surface area contributed by atoms with Gasteiger partial charge < -0.3 is 14.8 Å². The number of nitrogens with one attached hydrogen (secondary N) is 1. The van der Waals surface area contributed by atoms with Crippen LogP contribution in [0, 0.1) is 0 Å². The summed E-state index contributed by atoms with van der Waals surface area (Å²) in [6, 6.07) is 4.65. The quantitative estimate of drug-likeness (QED) is 0.585. The minimum Gasteiger partial charge on any atom is -0.491 e. The number of pyridine rings is 2. The molecule has 0 radical (unpaired) electrons. The van der Waals surface area contributed by atoms with E-state index in [-0.39, 0.29) is 16.4 Å². The van der Waals surface area contributed by atoms with E-state index in [0.717, 1.165) is 12.4 Å². The van der Waals surface area contributed by atoms with Crippen LogP contribution >= 0.6 is 11.6 Å². The van der Waals surface area contributed by atoms with E-state index in [9.17, 15) is 18.0 Å². The van der Waals surface area contributed by atoms with Gasteiger partial charge in [0.2, 0.25) is 0 Å². The van der Waals surface area contributed by atoms with Crippen molar-refractivity contribution in [3.8, 4) is 22.9 Å². The maximum absolute atomic E-state index is 12.4. The molecule has 3 heterocycles. The average Bonchev–Trinajstić information content (AvgIpc) is 3.11. The maximum Gasteiger partial charge on any atom is 0.408 e. The Hall–Kier alpha value is -3.34. The zero-order chi connectivity index (χ0) is 21.9. The highest BCUT2D eigenvalue weighted by molar-refractivity contribution is 6.33. The number of aromatic nitrogens is 4. The number of amides is 1. The van der Waals surface area contributed by atoms with Crippen molar-refractivity contribution in [1.82, 2.24) is 19.7 Å². The minimum absolute atomic E-state index is 0.0393. The highest BCUT2D eigenvalue weighted by atomic mass is 35.5. The number of ether oxygens (including phenoxy) is 2. The van der Waals surface area contributed by atoms with Crippen LogP contribution in [0.5, 0.6) is 11.6 Å². The van der Waals surface area contributed by atoms with E-state index in [2.05, 4.69) is 20.4 Å². The van der Waals surface area contributed by atoms with Crippen molar-refractivity contribution in [3.63, 3.8) is 0 Å². The first-order valence-corrected chi connectivity index (χ1v) is 8.73. The molecular formula is C18H15ClF3N5O3. The second-order valence-electron chi connectivity index (χ2n) is 5.97. The summed E-state index contributed by atoms with van der Waals surface area (Å²) >= 11 is 6.15. The normalized spacial score (nSPS) is 11.3. The monoisotopic (exact) mass is 441 g/mol. The van der Waals surface area contributed by atoms with Gasteiger partial charge in [-0.3, -0.25) is 9.48 Å². The summed E-state index contributed by atoms with van der Waals surface area (Å²) in [4.78, 5) is 20.7. The Kier molecular flexibility index (Phi) is 6.11. The molecule has 0 aliphatic heterocycles. The maximum atomic E-state index is 12.4. The van der Waals surface area contributed by atoms with E-state index in [1.54, 1.807) is 12.1 Å². The largest absolute Gasteiger partial charge is 0.491 e. The topological polar surface area (TPSA) is 91.2 Å². The molecule has 3 aromatic heterocycles. The molecule has 3 aromatic rings. The van der Waals surface area contributed by atoms with Gasteiger partial charge in [0.25, 0.3) is 11.8 Å². The van der Waals surface area contributed by atoms with Gasteiger partial charge in [0, 0.05) is 18.0 Å². The van der Waals surface area contributed by atoms with Crippen LogP contribution < -0.4 is 14.8 Å². The molecule has 1 amide bonds. The molecule has 3 rings (SSSR count). The summed E-state index contributed by atoms with van der Waals surface area (Å²) in [7, 11) is 2.92. The molecule has 0 spiro atoms. The molecule has 0 saturated heterocycles. The summed E-state index contributed by atoms with van der Waals surface area (Å²) in [6.07, 6.45) is -0.741. The number of rotatable bonds is 6.